The number of nitrogens with zero attached hydrogens (tertiary/aromatic N) is 3. The molecule has 8 heteroatoms. The largest absolute Gasteiger partial charge is 0.434 e. The molecule has 3 aromatic rings. The molecule has 0 aliphatic rings. The fourth-order valence-corrected chi connectivity index (χ4v) is 2.12. The predicted molar refractivity (Wildman–Crippen MR) is 88.9 cm³/mol. The Hall–Kier alpha value is -3.55. The average Bonchev–Trinajstić information content (AvgIpc) is 2.62. The molecule has 0 amide bonds. The summed E-state index contributed by atoms with van der Waals surface area (Å²) in [6.45, 7) is 0.239. The van der Waals surface area contributed by atoms with Gasteiger partial charge < -0.3 is 10.1 Å². The van der Waals surface area contributed by atoms with Gasteiger partial charge in [0.05, 0.1) is 4.92 Å². The standard InChI is InChI=1S/C17H13FN4O3/c18-13-8-6-12(7-9-13)10-19-16-15(22(23)24)17(21-11-20-16)25-14-4-2-1-3-5-14/h1-9,11H,10H2,(H,19,20,21). The van der Waals surface area contributed by atoms with E-state index < -0.39 is 4.92 Å². The lowest BCUT2D eigenvalue weighted by Crippen LogP contribution is -2.07. The van der Waals surface area contributed by atoms with Gasteiger partial charge in [-0.3, -0.25) is 10.1 Å². The van der Waals surface area contributed by atoms with Crippen molar-refractivity contribution < 1.29 is 14.1 Å². The van der Waals surface area contributed by atoms with Crippen molar-refractivity contribution in [3.63, 3.8) is 0 Å². The molecule has 0 spiro atoms. The number of aromatic nitrogens is 2. The lowest BCUT2D eigenvalue weighted by molar-refractivity contribution is -0.385. The van der Waals surface area contributed by atoms with Gasteiger partial charge in [-0.25, -0.2) is 9.37 Å². The first-order valence-corrected chi connectivity index (χ1v) is 7.34. The Morgan fingerprint density at radius 1 is 1.08 bits per heavy atom. The van der Waals surface area contributed by atoms with Crippen molar-refractivity contribution in [1.29, 1.82) is 0 Å². The minimum Gasteiger partial charge on any atom is -0.434 e. The zero-order chi connectivity index (χ0) is 17.6. The fourth-order valence-electron chi connectivity index (χ4n) is 2.12. The average molecular weight is 340 g/mol. The smallest absolute Gasteiger partial charge is 0.373 e. The summed E-state index contributed by atoms with van der Waals surface area (Å²) in [7, 11) is 0. The molecule has 0 saturated heterocycles. The summed E-state index contributed by atoms with van der Waals surface area (Å²) < 4.78 is 18.4. The second kappa shape index (κ2) is 7.35. The first-order valence-electron chi connectivity index (χ1n) is 7.34. The normalized spacial score (nSPS) is 10.3. The van der Waals surface area contributed by atoms with Gasteiger partial charge in [-0.2, -0.15) is 4.98 Å². The molecule has 1 aromatic heterocycles. The minimum absolute atomic E-state index is 0.0234. The summed E-state index contributed by atoms with van der Waals surface area (Å²) >= 11 is 0. The molecule has 126 valence electrons. The third-order valence-corrected chi connectivity index (χ3v) is 3.30. The molecule has 1 N–H and O–H groups in total. The molecule has 2 aromatic carbocycles. The van der Waals surface area contributed by atoms with Crippen LogP contribution in [-0.4, -0.2) is 14.9 Å². The van der Waals surface area contributed by atoms with Crippen LogP contribution in [0.25, 0.3) is 0 Å². The van der Waals surface area contributed by atoms with Gasteiger partial charge in [0, 0.05) is 6.54 Å². The molecule has 25 heavy (non-hydrogen) atoms. The van der Waals surface area contributed by atoms with Crippen LogP contribution in [0.3, 0.4) is 0 Å². The first kappa shape index (κ1) is 16.3. The SMILES string of the molecule is O=[N+]([O-])c1c(NCc2ccc(F)cc2)ncnc1Oc1ccccc1. The monoisotopic (exact) mass is 340 g/mol. The number of nitro groups is 1. The second-order valence-corrected chi connectivity index (χ2v) is 5.03. The molecule has 0 aliphatic carbocycles. The molecular formula is C17H13FN4O3. The van der Waals surface area contributed by atoms with Gasteiger partial charge >= 0.3 is 11.6 Å². The Balaban J connectivity index is 1.84. The van der Waals surface area contributed by atoms with E-state index in [-0.39, 0.29) is 29.7 Å². The number of hydrogen-bond acceptors (Lipinski definition) is 6. The maximum absolute atomic E-state index is 12.9. The molecule has 7 nitrogen and oxygen atoms in total. The number of benzene rings is 2. The van der Waals surface area contributed by atoms with Crippen LogP contribution >= 0.6 is 0 Å². The van der Waals surface area contributed by atoms with Crippen LogP contribution in [0.15, 0.2) is 60.9 Å². The van der Waals surface area contributed by atoms with Crippen molar-refractivity contribution in [3.8, 4) is 11.6 Å². The zero-order valence-electron chi connectivity index (χ0n) is 12.9. The van der Waals surface area contributed by atoms with Gasteiger partial charge in [0.25, 0.3) is 0 Å². The van der Waals surface area contributed by atoms with Crippen LogP contribution in [0.2, 0.25) is 0 Å². The van der Waals surface area contributed by atoms with Gasteiger partial charge in [-0.1, -0.05) is 30.3 Å². The third kappa shape index (κ3) is 4.05. The lowest BCUT2D eigenvalue weighted by Gasteiger charge is -2.09. The maximum Gasteiger partial charge on any atom is 0.373 e. The zero-order valence-corrected chi connectivity index (χ0v) is 12.9. The Kier molecular flexibility index (Phi) is 4.79. The van der Waals surface area contributed by atoms with Gasteiger partial charge in [0.1, 0.15) is 17.9 Å². The van der Waals surface area contributed by atoms with E-state index in [1.165, 1.54) is 18.5 Å². The van der Waals surface area contributed by atoms with Crippen LogP contribution in [0.1, 0.15) is 5.56 Å². The van der Waals surface area contributed by atoms with E-state index in [0.717, 1.165) is 5.56 Å². The van der Waals surface area contributed by atoms with Crippen LogP contribution in [0.5, 0.6) is 11.6 Å². The number of hydrogen-bond donors (Lipinski definition) is 1. The van der Waals surface area contributed by atoms with Crippen molar-refractivity contribution in [2.45, 2.75) is 6.54 Å². The third-order valence-electron chi connectivity index (χ3n) is 3.30. The minimum atomic E-state index is -0.606. The van der Waals surface area contributed by atoms with Crippen molar-refractivity contribution >= 4 is 11.5 Å². The predicted octanol–water partition coefficient (Wildman–Crippen LogP) is 3.93. The van der Waals surface area contributed by atoms with Crippen LogP contribution < -0.4 is 10.1 Å². The quantitative estimate of drug-likeness (QED) is 0.540. The second-order valence-electron chi connectivity index (χ2n) is 5.03. The topological polar surface area (TPSA) is 90.2 Å². The summed E-state index contributed by atoms with van der Waals surface area (Å²) in [4.78, 5) is 18.6. The van der Waals surface area contributed by atoms with Gasteiger partial charge in [-0.15, -0.1) is 0 Å². The Morgan fingerprint density at radius 2 is 1.80 bits per heavy atom. The van der Waals surface area contributed by atoms with Gasteiger partial charge in [0.15, 0.2) is 0 Å². The van der Waals surface area contributed by atoms with E-state index >= 15 is 0 Å². The fraction of sp³-hybridized carbons (Fsp3) is 0.0588. The van der Waals surface area contributed by atoms with E-state index in [1.54, 1.807) is 42.5 Å². The van der Waals surface area contributed by atoms with Crippen LogP contribution in [0.4, 0.5) is 15.9 Å². The number of ether oxygens (including phenoxy) is 1. The summed E-state index contributed by atoms with van der Waals surface area (Å²) in [5.41, 5.74) is 0.383. The van der Waals surface area contributed by atoms with Gasteiger partial charge in [-0.05, 0) is 29.8 Å². The molecule has 0 aliphatic heterocycles. The Bertz CT molecular complexity index is 873. The maximum atomic E-state index is 12.9. The van der Waals surface area contributed by atoms with Crippen molar-refractivity contribution in [3.05, 3.63) is 82.4 Å². The highest BCUT2D eigenvalue weighted by molar-refractivity contribution is 5.61. The first-order chi connectivity index (χ1) is 12.1. The van der Waals surface area contributed by atoms with E-state index in [4.69, 9.17) is 4.74 Å². The van der Waals surface area contributed by atoms with Crippen molar-refractivity contribution in [2.75, 3.05) is 5.32 Å². The van der Waals surface area contributed by atoms with Crippen molar-refractivity contribution in [2.24, 2.45) is 0 Å². The molecule has 0 bridgehead atoms. The van der Waals surface area contributed by atoms with E-state index in [9.17, 15) is 14.5 Å². The highest BCUT2D eigenvalue weighted by Gasteiger charge is 2.24. The number of anilines is 1. The van der Waals surface area contributed by atoms with E-state index in [0.29, 0.717) is 5.75 Å². The van der Waals surface area contributed by atoms with E-state index in [2.05, 4.69) is 15.3 Å². The highest BCUT2D eigenvalue weighted by atomic mass is 19.1. The summed E-state index contributed by atoms with van der Waals surface area (Å²) in [6, 6.07) is 14.4. The lowest BCUT2D eigenvalue weighted by atomic mass is 10.2. The van der Waals surface area contributed by atoms with Crippen LogP contribution in [-0.2, 0) is 6.54 Å². The highest BCUT2D eigenvalue weighted by Crippen LogP contribution is 2.34. The molecular weight excluding hydrogens is 327 g/mol. The molecule has 0 radical (unpaired) electrons. The molecule has 0 saturated carbocycles. The summed E-state index contributed by atoms with van der Waals surface area (Å²) in [5, 5.41) is 14.3. The number of halogens is 1. The summed E-state index contributed by atoms with van der Waals surface area (Å²) in [6.07, 6.45) is 1.18. The molecule has 0 fully saturated rings. The van der Waals surface area contributed by atoms with Gasteiger partial charge in [0.2, 0.25) is 5.82 Å². The number of nitrogens with one attached hydrogen (secondary N) is 1. The summed E-state index contributed by atoms with van der Waals surface area (Å²) in [5.74, 6) is -0.0628. The Labute approximate surface area is 142 Å². The Morgan fingerprint density at radius 3 is 2.48 bits per heavy atom. The number of rotatable bonds is 6. The molecule has 1 heterocycles. The molecule has 0 atom stereocenters. The van der Waals surface area contributed by atoms with Crippen LogP contribution in [0, 0.1) is 15.9 Å². The number of para-hydroxylation sites is 1. The molecule has 0 unspecified atom stereocenters. The van der Waals surface area contributed by atoms with Crippen molar-refractivity contribution in [1.82, 2.24) is 9.97 Å². The molecule has 3 rings (SSSR count). The van der Waals surface area contributed by atoms with E-state index in [1.807, 2.05) is 0 Å².